The van der Waals surface area contributed by atoms with E-state index in [1.54, 1.807) is 0 Å². The molecular formula is C27H32N2O2. The third-order valence-corrected chi connectivity index (χ3v) is 6.94. The lowest BCUT2D eigenvalue weighted by Gasteiger charge is -2.47. The average molecular weight is 417 g/mol. The Kier molecular flexibility index (Phi) is 4.74. The molecule has 5 rings (SSSR count). The monoisotopic (exact) mass is 416 g/mol. The zero-order valence-electron chi connectivity index (χ0n) is 18.9. The Balaban J connectivity index is 1.65. The number of carbonyl (C=O) groups excluding carboxylic acids is 1. The molecule has 3 aliphatic rings. The van der Waals surface area contributed by atoms with Crippen molar-refractivity contribution >= 4 is 11.5 Å². The fourth-order valence-electron chi connectivity index (χ4n) is 5.03. The Morgan fingerprint density at radius 3 is 2.42 bits per heavy atom. The van der Waals surface area contributed by atoms with E-state index in [1.807, 2.05) is 12.1 Å². The van der Waals surface area contributed by atoms with E-state index < -0.39 is 5.72 Å². The molecular weight excluding hydrogens is 384 g/mol. The van der Waals surface area contributed by atoms with Crippen LogP contribution in [0.1, 0.15) is 68.7 Å². The summed E-state index contributed by atoms with van der Waals surface area (Å²) in [5.74, 6) is 0.661. The summed E-state index contributed by atoms with van der Waals surface area (Å²) in [6, 6.07) is 15.3. The highest BCUT2D eigenvalue weighted by molar-refractivity contribution is 5.95. The van der Waals surface area contributed by atoms with Crippen LogP contribution < -0.4 is 15.4 Å². The van der Waals surface area contributed by atoms with Crippen molar-refractivity contribution in [2.45, 2.75) is 76.6 Å². The molecule has 2 aliphatic heterocycles. The first-order valence-corrected chi connectivity index (χ1v) is 11.5. The van der Waals surface area contributed by atoms with Crippen molar-refractivity contribution in [3.05, 3.63) is 70.8 Å². The number of nitrogens with one attached hydrogen (secondary N) is 2. The topological polar surface area (TPSA) is 50.4 Å². The molecule has 1 saturated carbocycles. The number of hydrogen-bond acceptors (Lipinski definition) is 3. The molecule has 162 valence electrons. The van der Waals surface area contributed by atoms with Gasteiger partial charge >= 0.3 is 0 Å². The van der Waals surface area contributed by atoms with Crippen LogP contribution in [-0.2, 0) is 10.2 Å². The molecule has 1 spiro atoms. The third-order valence-electron chi connectivity index (χ3n) is 6.94. The molecule has 0 aromatic heterocycles. The first-order valence-electron chi connectivity index (χ1n) is 11.5. The average Bonchev–Trinajstić information content (AvgIpc) is 2.74. The Bertz CT molecular complexity index is 1050. The molecule has 0 radical (unpaired) electrons. The molecule has 3 unspecified atom stereocenters. The summed E-state index contributed by atoms with van der Waals surface area (Å²) < 4.78 is 6.47. The standard InChI is InChI=1S/C27H32N2O2/c1-17-9-11-18(12-10-17)21-16-27(25(30)28-22-7-5-6-8-23(22)29-27)31-24-14-13-19(15-20(21)24)26(2,3)4/h9-16,22-23,29H,5-8H2,1-4H3,(H,28,30). The fraction of sp³-hybridized carbons (Fsp3) is 0.444. The lowest BCUT2D eigenvalue weighted by molar-refractivity contribution is -0.142. The number of amides is 1. The lowest BCUT2D eigenvalue weighted by atomic mass is 9.81. The zero-order valence-corrected chi connectivity index (χ0v) is 18.9. The quantitative estimate of drug-likeness (QED) is 0.699. The molecule has 2 N–H and O–H groups in total. The van der Waals surface area contributed by atoms with Gasteiger partial charge in [-0.2, -0.15) is 0 Å². The van der Waals surface area contributed by atoms with Gasteiger partial charge in [0.05, 0.1) is 0 Å². The van der Waals surface area contributed by atoms with Crippen LogP contribution >= 0.6 is 0 Å². The van der Waals surface area contributed by atoms with Gasteiger partial charge in [0.25, 0.3) is 11.6 Å². The SMILES string of the molecule is Cc1ccc(C2=CC3(NC4CCCCC4NC3=O)Oc3ccc(C(C)(C)C)cc32)cc1. The number of hydrogen-bond donors (Lipinski definition) is 2. The van der Waals surface area contributed by atoms with Gasteiger partial charge in [-0.1, -0.05) is 69.5 Å². The van der Waals surface area contributed by atoms with Crippen molar-refractivity contribution in [3.63, 3.8) is 0 Å². The molecule has 3 atom stereocenters. The van der Waals surface area contributed by atoms with Crippen LogP contribution in [-0.4, -0.2) is 23.7 Å². The maximum Gasteiger partial charge on any atom is 0.284 e. The number of carbonyl (C=O) groups is 1. The van der Waals surface area contributed by atoms with Gasteiger partial charge in [0.15, 0.2) is 0 Å². The van der Waals surface area contributed by atoms with Gasteiger partial charge in [0, 0.05) is 17.6 Å². The smallest absolute Gasteiger partial charge is 0.284 e. The van der Waals surface area contributed by atoms with E-state index in [2.05, 4.69) is 74.7 Å². The van der Waals surface area contributed by atoms with Crippen LogP contribution in [0.3, 0.4) is 0 Å². The lowest BCUT2D eigenvalue weighted by Crippen LogP contribution is -2.73. The normalized spacial score (nSPS) is 27.6. The molecule has 2 fully saturated rings. The van der Waals surface area contributed by atoms with Gasteiger partial charge in [-0.25, -0.2) is 0 Å². The largest absolute Gasteiger partial charge is 0.459 e. The second-order valence-corrected chi connectivity index (χ2v) is 10.3. The van der Waals surface area contributed by atoms with Crippen molar-refractivity contribution in [3.8, 4) is 5.75 Å². The van der Waals surface area contributed by atoms with Gasteiger partial charge in [-0.15, -0.1) is 0 Å². The van der Waals surface area contributed by atoms with E-state index in [1.165, 1.54) is 24.0 Å². The predicted molar refractivity (Wildman–Crippen MR) is 124 cm³/mol. The fourth-order valence-corrected chi connectivity index (χ4v) is 5.03. The van der Waals surface area contributed by atoms with Crippen LogP contribution in [0.15, 0.2) is 48.5 Å². The van der Waals surface area contributed by atoms with Gasteiger partial charge in [-0.3, -0.25) is 10.1 Å². The van der Waals surface area contributed by atoms with E-state index in [0.29, 0.717) is 0 Å². The van der Waals surface area contributed by atoms with Crippen molar-refractivity contribution in [2.75, 3.05) is 0 Å². The summed E-state index contributed by atoms with van der Waals surface area (Å²) in [5, 5.41) is 6.86. The van der Waals surface area contributed by atoms with Gasteiger partial charge in [0.1, 0.15) is 5.75 Å². The number of ether oxygens (including phenoxy) is 1. The van der Waals surface area contributed by atoms with Crippen LogP contribution in [0.25, 0.3) is 5.57 Å². The second kappa shape index (κ2) is 7.23. The molecule has 2 aromatic rings. The molecule has 1 saturated heterocycles. The third kappa shape index (κ3) is 3.57. The molecule has 2 heterocycles. The Labute approximate surface area is 185 Å². The van der Waals surface area contributed by atoms with E-state index in [0.717, 1.165) is 35.3 Å². The Morgan fingerprint density at radius 1 is 1.00 bits per heavy atom. The predicted octanol–water partition coefficient (Wildman–Crippen LogP) is 4.84. The number of fused-ring (bicyclic) bond motifs is 2. The van der Waals surface area contributed by atoms with Gasteiger partial charge in [0.2, 0.25) is 0 Å². The van der Waals surface area contributed by atoms with E-state index in [4.69, 9.17) is 4.74 Å². The van der Waals surface area contributed by atoms with E-state index in [-0.39, 0.29) is 23.4 Å². The summed E-state index contributed by atoms with van der Waals surface area (Å²) in [7, 11) is 0. The molecule has 1 aliphatic carbocycles. The molecule has 4 heteroatoms. The number of aryl methyl sites for hydroxylation is 1. The molecule has 4 nitrogen and oxygen atoms in total. The summed E-state index contributed by atoms with van der Waals surface area (Å²) in [4.78, 5) is 13.3. The van der Waals surface area contributed by atoms with E-state index in [9.17, 15) is 4.79 Å². The molecule has 31 heavy (non-hydrogen) atoms. The first kappa shape index (κ1) is 20.3. The Hall–Kier alpha value is -2.59. The van der Waals surface area contributed by atoms with Crippen LogP contribution in [0, 0.1) is 6.92 Å². The van der Waals surface area contributed by atoms with Crippen LogP contribution in [0.4, 0.5) is 0 Å². The van der Waals surface area contributed by atoms with Crippen molar-refractivity contribution < 1.29 is 9.53 Å². The maximum absolute atomic E-state index is 13.3. The highest BCUT2D eigenvalue weighted by atomic mass is 16.5. The summed E-state index contributed by atoms with van der Waals surface area (Å²) in [5.41, 5.74) is 4.51. The number of piperazine rings is 1. The minimum atomic E-state index is -1.17. The highest BCUT2D eigenvalue weighted by Crippen LogP contribution is 2.42. The minimum absolute atomic E-state index is 0.0261. The van der Waals surface area contributed by atoms with Crippen LogP contribution in [0.5, 0.6) is 5.75 Å². The van der Waals surface area contributed by atoms with Gasteiger partial charge in [-0.05, 0) is 60.1 Å². The summed E-state index contributed by atoms with van der Waals surface area (Å²) >= 11 is 0. The Morgan fingerprint density at radius 2 is 1.71 bits per heavy atom. The van der Waals surface area contributed by atoms with Gasteiger partial charge < -0.3 is 10.1 Å². The number of benzene rings is 2. The first-order chi connectivity index (χ1) is 14.7. The van der Waals surface area contributed by atoms with E-state index >= 15 is 0 Å². The molecule has 0 bridgehead atoms. The van der Waals surface area contributed by atoms with Crippen LogP contribution in [0.2, 0.25) is 0 Å². The minimum Gasteiger partial charge on any atom is -0.459 e. The second-order valence-electron chi connectivity index (χ2n) is 10.3. The maximum atomic E-state index is 13.3. The van der Waals surface area contributed by atoms with Crippen molar-refractivity contribution in [1.82, 2.24) is 10.6 Å². The van der Waals surface area contributed by atoms with Crippen molar-refractivity contribution in [2.24, 2.45) is 0 Å². The zero-order chi connectivity index (χ0) is 21.8. The number of rotatable bonds is 1. The molecule has 2 aromatic carbocycles. The molecule has 1 amide bonds. The summed E-state index contributed by atoms with van der Waals surface area (Å²) in [6.45, 7) is 8.74. The van der Waals surface area contributed by atoms with Crippen molar-refractivity contribution in [1.29, 1.82) is 0 Å². The summed E-state index contributed by atoms with van der Waals surface area (Å²) in [6.07, 6.45) is 6.44. The highest BCUT2D eigenvalue weighted by Gasteiger charge is 2.50.